The van der Waals surface area contributed by atoms with Crippen LogP contribution in [-0.2, 0) is 14.4 Å². The average Bonchev–Trinajstić information content (AvgIpc) is 3.19. The molecule has 2 saturated heterocycles. The van der Waals surface area contributed by atoms with Gasteiger partial charge in [-0.15, -0.1) is 0 Å². The van der Waals surface area contributed by atoms with Crippen molar-refractivity contribution < 1.29 is 24.0 Å². The number of amides is 2. The summed E-state index contributed by atoms with van der Waals surface area (Å²) in [6.07, 6.45) is 4.95. The number of allylic oxidation sites excluding steroid dienone is 1. The van der Waals surface area contributed by atoms with E-state index in [9.17, 15) is 24.5 Å². The molecule has 1 aromatic carbocycles. The highest BCUT2D eigenvalue weighted by Crippen LogP contribution is 2.48. The maximum absolute atomic E-state index is 13.6. The number of hydrazone groups is 1. The predicted molar refractivity (Wildman–Crippen MR) is 111 cm³/mol. The topological polar surface area (TPSA) is 122 Å². The number of hydrogen-bond donors (Lipinski definition) is 0. The van der Waals surface area contributed by atoms with E-state index >= 15 is 0 Å². The Hall–Kier alpha value is -3.56. The smallest absolute Gasteiger partial charge is 0.271 e. The van der Waals surface area contributed by atoms with Gasteiger partial charge in [0.05, 0.1) is 29.9 Å². The number of rotatable bonds is 4. The number of benzene rings is 1. The molecule has 2 amide bonds. The lowest BCUT2D eigenvalue weighted by molar-refractivity contribution is -0.384. The van der Waals surface area contributed by atoms with Crippen LogP contribution in [0.3, 0.4) is 0 Å². The van der Waals surface area contributed by atoms with Crippen molar-refractivity contribution in [2.75, 3.05) is 12.0 Å². The minimum atomic E-state index is -0.951. The van der Waals surface area contributed by atoms with E-state index in [-0.39, 0.29) is 22.9 Å². The Kier molecular flexibility index (Phi) is 4.68. The van der Waals surface area contributed by atoms with Gasteiger partial charge < -0.3 is 4.74 Å². The predicted octanol–water partition coefficient (Wildman–Crippen LogP) is 1.93. The number of fused-ring (bicyclic) bond motifs is 3. The first-order valence-corrected chi connectivity index (χ1v) is 9.81. The second kappa shape index (κ2) is 7.00. The fourth-order valence-corrected chi connectivity index (χ4v) is 4.49. The van der Waals surface area contributed by atoms with Gasteiger partial charge in [-0.3, -0.25) is 29.5 Å². The van der Waals surface area contributed by atoms with Crippen LogP contribution in [-0.4, -0.2) is 52.9 Å². The molecule has 10 heteroatoms. The van der Waals surface area contributed by atoms with E-state index in [0.717, 1.165) is 11.0 Å². The average molecular weight is 426 g/mol. The summed E-state index contributed by atoms with van der Waals surface area (Å²) in [6.45, 7) is 5.26. The molecule has 0 bridgehead atoms. The van der Waals surface area contributed by atoms with Gasteiger partial charge in [0, 0.05) is 23.8 Å². The van der Waals surface area contributed by atoms with Crippen LogP contribution in [0, 0.1) is 27.4 Å². The van der Waals surface area contributed by atoms with Gasteiger partial charge in [0.25, 0.3) is 5.69 Å². The number of imide groups is 1. The van der Waals surface area contributed by atoms with E-state index in [1.165, 1.54) is 25.5 Å². The molecule has 3 heterocycles. The number of carbonyl (C=O) groups is 3. The first-order chi connectivity index (χ1) is 14.6. The van der Waals surface area contributed by atoms with Crippen LogP contribution in [0.25, 0.3) is 0 Å². The van der Waals surface area contributed by atoms with Crippen molar-refractivity contribution in [3.8, 4) is 5.75 Å². The standard InChI is InChI=1S/C21H22N4O6/c1-21(2,3)18(26)17-16-15(12-6-5-9-22-24(12)17)19(27)23(20(16)28)13-10-11(25(29)30)7-8-14(13)31-4/h5-10,12,15-17H,1-4H3. The number of nitrogens with zero attached hydrogens (tertiary/aromatic N) is 4. The summed E-state index contributed by atoms with van der Waals surface area (Å²) in [5.74, 6) is -2.95. The molecule has 0 saturated carbocycles. The van der Waals surface area contributed by atoms with Crippen LogP contribution in [0.15, 0.2) is 35.5 Å². The Morgan fingerprint density at radius 2 is 1.87 bits per heavy atom. The number of ether oxygens (including phenoxy) is 1. The van der Waals surface area contributed by atoms with Crippen molar-refractivity contribution >= 4 is 35.2 Å². The molecule has 162 valence electrons. The molecule has 0 N–H and O–H groups in total. The second-order valence-electron chi connectivity index (χ2n) is 8.76. The largest absolute Gasteiger partial charge is 0.495 e. The molecular weight excluding hydrogens is 404 g/mol. The molecule has 0 radical (unpaired) electrons. The van der Waals surface area contributed by atoms with Crippen molar-refractivity contribution in [1.82, 2.24) is 5.01 Å². The minimum absolute atomic E-state index is 0.00195. The Morgan fingerprint density at radius 1 is 1.19 bits per heavy atom. The molecule has 2 fully saturated rings. The third kappa shape index (κ3) is 3.01. The lowest BCUT2D eigenvalue weighted by Crippen LogP contribution is -2.49. The third-order valence-electron chi connectivity index (χ3n) is 5.91. The maximum Gasteiger partial charge on any atom is 0.271 e. The number of nitro groups is 1. The molecule has 3 aliphatic heterocycles. The van der Waals surface area contributed by atoms with Gasteiger partial charge in [-0.25, -0.2) is 4.90 Å². The van der Waals surface area contributed by atoms with Crippen molar-refractivity contribution in [1.29, 1.82) is 0 Å². The van der Waals surface area contributed by atoms with Gasteiger partial charge in [-0.1, -0.05) is 26.8 Å². The van der Waals surface area contributed by atoms with Gasteiger partial charge in [0.1, 0.15) is 17.5 Å². The molecule has 0 spiro atoms. The number of anilines is 1. The molecule has 10 nitrogen and oxygen atoms in total. The number of nitro benzene ring substituents is 1. The zero-order valence-corrected chi connectivity index (χ0v) is 17.5. The molecule has 3 aliphatic rings. The molecule has 4 unspecified atom stereocenters. The highest BCUT2D eigenvalue weighted by atomic mass is 16.6. The summed E-state index contributed by atoms with van der Waals surface area (Å²) < 4.78 is 5.26. The van der Waals surface area contributed by atoms with E-state index < -0.39 is 46.1 Å². The van der Waals surface area contributed by atoms with Crippen LogP contribution in [0.4, 0.5) is 11.4 Å². The molecule has 4 atom stereocenters. The van der Waals surface area contributed by atoms with Gasteiger partial charge in [0.15, 0.2) is 5.78 Å². The van der Waals surface area contributed by atoms with Crippen molar-refractivity contribution in [3.63, 3.8) is 0 Å². The lowest BCUT2D eigenvalue weighted by atomic mass is 9.80. The fourth-order valence-electron chi connectivity index (χ4n) is 4.49. The van der Waals surface area contributed by atoms with Crippen molar-refractivity contribution in [2.45, 2.75) is 32.9 Å². The Labute approximate surface area is 178 Å². The summed E-state index contributed by atoms with van der Waals surface area (Å²) in [6, 6.07) is 2.25. The minimum Gasteiger partial charge on any atom is -0.495 e. The Morgan fingerprint density at radius 3 is 2.48 bits per heavy atom. The van der Waals surface area contributed by atoms with E-state index in [1.807, 2.05) is 0 Å². The zero-order chi connectivity index (χ0) is 22.7. The quantitative estimate of drug-likeness (QED) is 0.409. The lowest BCUT2D eigenvalue weighted by Gasteiger charge is -2.33. The maximum atomic E-state index is 13.6. The van der Waals surface area contributed by atoms with Gasteiger partial charge in [0.2, 0.25) is 11.8 Å². The van der Waals surface area contributed by atoms with E-state index in [4.69, 9.17) is 4.74 Å². The summed E-state index contributed by atoms with van der Waals surface area (Å²) in [7, 11) is 1.35. The zero-order valence-electron chi connectivity index (χ0n) is 17.5. The number of ketones is 1. The van der Waals surface area contributed by atoms with Crippen LogP contribution < -0.4 is 9.64 Å². The van der Waals surface area contributed by atoms with Gasteiger partial charge >= 0.3 is 0 Å². The Balaban J connectivity index is 1.83. The number of hydrogen-bond acceptors (Lipinski definition) is 8. The molecule has 0 aliphatic carbocycles. The second-order valence-corrected chi connectivity index (χ2v) is 8.76. The Bertz CT molecular complexity index is 1060. The summed E-state index contributed by atoms with van der Waals surface area (Å²) in [5, 5.41) is 17.1. The molecule has 31 heavy (non-hydrogen) atoms. The third-order valence-corrected chi connectivity index (χ3v) is 5.91. The highest BCUT2D eigenvalue weighted by Gasteiger charge is 2.65. The summed E-state index contributed by atoms with van der Waals surface area (Å²) >= 11 is 0. The first kappa shape index (κ1) is 20.7. The number of carbonyl (C=O) groups excluding carboxylic acids is 3. The molecule has 1 aromatic rings. The monoisotopic (exact) mass is 426 g/mol. The number of non-ortho nitro benzene ring substituents is 1. The van der Waals surface area contributed by atoms with Gasteiger partial charge in [-0.05, 0) is 12.1 Å². The van der Waals surface area contributed by atoms with Crippen LogP contribution in [0.2, 0.25) is 0 Å². The summed E-state index contributed by atoms with van der Waals surface area (Å²) in [4.78, 5) is 51.9. The summed E-state index contributed by atoms with van der Waals surface area (Å²) in [5.41, 5.74) is -1.04. The van der Waals surface area contributed by atoms with Crippen LogP contribution in [0.1, 0.15) is 20.8 Å². The fraction of sp³-hybridized carbons (Fsp3) is 0.429. The van der Waals surface area contributed by atoms with E-state index in [1.54, 1.807) is 37.9 Å². The first-order valence-electron chi connectivity index (χ1n) is 9.81. The van der Waals surface area contributed by atoms with E-state index in [2.05, 4.69) is 5.10 Å². The highest BCUT2D eigenvalue weighted by molar-refractivity contribution is 6.25. The van der Waals surface area contributed by atoms with Crippen LogP contribution in [0.5, 0.6) is 5.75 Å². The van der Waals surface area contributed by atoms with E-state index in [0.29, 0.717) is 0 Å². The van der Waals surface area contributed by atoms with Crippen molar-refractivity contribution in [2.24, 2.45) is 22.4 Å². The van der Waals surface area contributed by atoms with Crippen molar-refractivity contribution in [3.05, 3.63) is 40.5 Å². The molecular formula is C21H22N4O6. The van der Waals surface area contributed by atoms with Gasteiger partial charge in [-0.2, -0.15) is 5.10 Å². The van der Waals surface area contributed by atoms with Crippen LogP contribution >= 0.6 is 0 Å². The number of Topliss-reactive ketones (excluding diaryl/α,β-unsaturated/α-hetero) is 1. The number of methoxy groups -OCH3 is 1. The normalized spacial score (nSPS) is 26.8. The molecule has 4 rings (SSSR count). The molecule has 0 aromatic heterocycles. The SMILES string of the molecule is COc1ccc([N+](=O)[O-])cc1N1C(=O)C2C(C1=O)C(C(=O)C(C)(C)C)N1N=CC=CC21.